The Morgan fingerprint density at radius 1 is 0.963 bits per heavy atom. The van der Waals surface area contributed by atoms with Crippen molar-refractivity contribution >= 4 is 35.0 Å². The molecule has 2 aromatic carbocycles. The van der Waals surface area contributed by atoms with Crippen molar-refractivity contribution in [2.45, 2.75) is 16.8 Å². The molecule has 0 aliphatic heterocycles. The number of aromatic nitrogens is 1. The first-order valence-corrected chi connectivity index (χ1v) is 8.91. The summed E-state index contributed by atoms with van der Waals surface area (Å²) in [5.74, 6) is -1.09. The van der Waals surface area contributed by atoms with Gasteiger partial charge >= 0.3 is 0 Å². The topological polar surface area (TPSA) is 71.1 Å². The van der Waals surface area contributed by atoms with Crippen molar-refractivity contribution < 1.29 is 14.0 Å². The van der Waals surface area contributed by atoms with E-state index in [0.717, 1.165) is 4.90 Å². The van der Waals surface area contributed by atoms with Gasteiger partial charge in [-0.2, -0.15) is 0 Å². The highest BCUT2D eigenvalue weighted by atomic mass is 32.2. The molecule has 0 saturated heterocycles. The van der Waals surface area contributed by atoms with E-state index in [-0.39, 0.29) is 11.6 Å². The number of halogens is 1. The number of nitrogens with one attached hydrogen (secondary N) is 2. The van der Waals surface area contributed by atoms with Crippen LogP contribution in [-0.2, 0) is 4.79 Å². The number of para-hydroxylation sites is 1. The van der Waals surface area contributed by atoms with E-state index in [9.17, 15) is 14.0 Å². The van der Waals surface area contributed by atoms with Crippen LogP contribution in [0, 0.1) is 5.82 Å². The lowest BCUT2D eigenvalue weighted by atomic mass is 10.2. The SMILES string of the molecule is CC(=O)Nc1ccc(Sc2ncccc2C(=O)Nc2ccccc2F)cc1. The predicted octanol–water partition coefficient (Wildman–Crippen LogP) is 4.58. The van der Waals surface area contributed by atoms with Gasteiger partial charge < -0.3 is 10.6 Å². The maximum atomic E-state index is 13.8. The Labute approximate surface area is 160 Å². The van der Waals surface area contributed by atoms with E-state index in [1.807, 2.05) is 12.1 Å². The van der Waals surface area contributed by atoms with Crippen molar-refractivity contribution in [1.82, 2.24) is 4.98 Å². The van der Waals surface area contributed by atoms with Crippen molar-refractivity contribution in [2.75, 3.05) is 10.6 Å². The molecular formula is C20H16FN3O2S. The van der Waals surface area contributed by atoms with Crippen LogP contribution in [0.1, 0.15) is 17.3 Å². The number of anilines is 2. The summed E-state index contributed by atoms with van der Waals surface area (Å²) in [4.78, 5) is 28.8. The summed E-state index contributed by atoms with van der Waals surface area (Å²) in [5.41, 5.74) is 1.14. The third-order valence-electron chi connectivity index (χ3n) is 3.53. The summed E-state index contributed by atoms with van der Waals surface area (Å²) in [5, 5.41) is 5.76. The van der Waals surface area contributed by atoms with E-state index < -0.39 is 11.7 Å². The van der Waals surface area contributed by atoms with Gasteiger partial charge in [0, 0.05) is 23.7 Å². The molecular weight excluding hydrogens is 365 g/mol. The van der Waals surface area contributed by atoms with Gasteiger partial charge in [-0.1, -0.05) is 23.9 Å². The first-order chi connectivity index (χ1) is 13.0. The van der Waals surface area contributed by atoms with E-state index in [2.05, 4.69) is 15.6 Å². The largest absolute Gasteiger partial charge is 0.326 e. The summed E-state index contributed by atoms with van der Waals surface area (Å²) < 4.78 is 13.8. The summed E-state index contributed by atoms with van der Waals surface area (Å²) in [6, 6.07) is 16.5. The minimum atomic E-state index is -0.502. The molecule has 2 N–H and O–H groups in total. The van der Waals surface area contributed by atoms with Crippen LogP contribution in [0.2, 0.25) is 0 Å². The van der Waals surface area contributed by atoms with Crippen molar-refractivity contribution in [1.29, 1.82) is 0 Å². The van der Waals surface area contributed by atoms with Gasteiger partial charge in [0.2, 0.25) is 5.91 Å². The molecule has 3 aromatic rings. The van der Waals surface area contributed by atoms with Crippen LogP contribution in [0.5, 0.6) is 0 Å². The van der Waals surface area contributed by atoms with Gasteiger partial charge in [0.15, 0.2) is 0 Å². The summed E-state index contributed by atoms with van der Waals surface area (Å²) >= 11 is 1.31. The van der Waals surface area contributed by atoms with E-state index in [1.165, 1.54) is 30.8 Å². The third kappa shape index (κ3) is 4.92. The zero-order chi connectivity index (χ0) is 19.2. The minimum absolute atomic E-state index is 0.113. The van der Waals surface area contributed by atoms with Gasteiger partial charge in [-0.05, 0) is 48.5 Å². The number of carbonyl (C=O) groups excluding carboxylic acids is 2. The van der Waals surface area contributed by atoms with Crippen LogP contribution in [0.3, 0.4) is 0 Å². The molecule has 2 amide bonds. The number of pyridine rings is 1. The molecule has 0 radical (unpaired) electrons. The lowest BCUT2D eigenvalue weighted by molar-refractivity contribution is -0.114. The van der Waals surface area contributed by atoms with Crippen molar-refractivity contribution in [3.8, 4) is 0 Å². The zero-order valence-electron chi connectivity index (χ0n) is 14.4. The Kier molecular flexibility index (Phi) is 5.83. The molecule has 0 bridgehead atoms. The van der Waals surface area contributed by atoms with Crippen molar-refractivity contribution in [2.24, 2.45) is 0 Å². The van der Waals surface area contributed by atoms with Gasteiger partial charge in [0.05, 0.1) is 11.3 Å². The molecule has 0 fully saturated rings. The predicted molar refractivity (Wildman–Crippen MR) is 103 cm³/mol. The number of carbonyl (C=O) groups is 2. The molecule has 7 heteroatoms. The molecule has 0 unspecified atom stereocenters. The van der Waals surface area contributed by atoms with Crippen LogP contribution in [0.4, 0.5) is 15.8 Å². The molecule has 5 nitrogen and oxygen atoms in total. The molecule has 136 valence electrons. The Hall–Kier alpha value is -3.19. The monoisotopic (exact) mass is 381 g/mol. The average molecular weight is 381 g/mol. The Morgan fingerprint density at radius 2 is 1.70 bits per heavy atom. The normalized spacial score (nSPS) is 10.3. The lowest BCUT2D eigenvalue weighted by Crippen LogP contribution is -2.14. The van der Waals surface area contributed by atoms with Crippen LogP contribution in [0.25, 0.3) is 0 Å². The van der Waals surface area contributed by atoms with Crippen LogP contribution in [-0.4, -0.2) is 16.8 Å². The number of amides is 2. The van der Waals surface area contributed by atoms with Gasteiger partial charge in [-0.25, -0.2) is 9.37 Å². The second kappa shape index (κ2) is 8.46. The van der Waals surface area contributed by atoms with Crippen molar-refractivity contribution in [3.05, 3.63) is 78.2 Å². The molecule has 0 aliphatic carbocycles. The molecule has 27 heavy (non-hydrogen) atoms. The molecule has 0 saturated carbocycles. The summed E-state index contributed by atoms with van der Waals surface area (Å²) in [6.07, 6.45) is 1.59. The van der Waals surface area contributed by atoms with Gasteiger partial charge in [-0.15, -0.1) is 0 Å². The zero-order valence-corrected chi connectivity index (χ0v) is 15.2. The second-order valence-electron chi connectivity index (χ2n) is 5.60. The fraction of sp³-hybridized carbons (Fsp3) is 0.0500. The highest BCUT2D eigenvalue weighted by Crippen LogP contribution is 2.30. The smallest absolute Gasteiger partial charge is 0.258 e. The maximum Gasteiger partial charge on any atom is 0.258 e. The van der Waals surface area contributed by atoms with Crippen LogP contribution < -0.4 is 10.6 Å². The molecule has 0 spiro atoms. The first-order valence-electron chi connectivity index (χ1n) is 8.09. The van der Waals surface area contributed by atoms with Crippen LogP contribution >= 0.6 is 11.8 Å². The molecule has 1 aromatic heterocycles. The number of hydrogen-bond donors (Lipinski definition) is 2. The minimum Gasteiger partial charge on any atom is -0.326 e. The molecule has 3 rings (SSSR count). The highest BCUT2D eigenvalue weighted by Gasteiger charge is 2.15. The van der Waals surface area contributed by atoms with Gasteiger partial charge in [0.25, 0.3) is 5.91 Å². The number of rotatable bonds is 5. The Bertz CT molecular complexity index is 977. The fourth-order valence-electron chi connectivity index (χ4n) is 2.32. The number of hydrogen-bond acceptors (Lipinski definition) is 4. The van der Waals surface area contributed by atoms with Gasteiger partial charge in [0.1, 0.15) is 10.8 Å². The quantitative estimate of drug-likeness (QED) is 0.678. The van der Waals surface area contributed by atoms with E-state index in [0.29, 0.717) is 16.3 Å². The fourth-order valence-corrected chi connectivity index (χ4v) is 3.20. The standard InChI is InChI=1S/C20H16FN3O2S/c1-13(25)23-14-8-10-15(11-9-14)27-20-16(5-4-12-22-20)19(26)24-18-7-3-2-6-17(18)21/h2-12H,1H3,(H,23,25)(H,24,26). The summed E-state index contributed by atoms with van der Waals surface area (Å²) in [6.45, 7) is 1.44. The molecule has 0 atom stereocenters. The first kappa shape index (κ1) is 18.6. The van der Waals surface area contributed by atoms with E-state index >= 15 is 0 Å². The Morgan fingerprint density at radius 3 is 2.41 bits per heavy atom. The maximum absolute atomic E-state index is 13.8. The average Bonchev–Trinajstić information content (AvgIpc) is 2.65. The molecule has 1 heterocycles. The Balaban J connectivity index is 1.78. The highest BCUT2D eigenvalue weighted by molar-refractivity contribution is 7.99. The van der Waals surface area contributed by atoms with Crippen molar-refractivity contribution in [3.63, 3.8) is 0 Å². The van der Waals surface area contributed by atoms with E-state index in [1.54, 1.807) is 42.6 Å². The number of benzene rings is 2. The van der Waals surface area contributed by atoms with Crippen LogP contribution in [0.15, 0.2) is 76.8 Å². The van der Waals surface area contributed by atoms with E-state index in [4.69, 9.17) is 0 Å². The second-order valence-corrected chi connectivity index (χ2v) is 6.66. The lowest BCUT2D eigenvalue weighted by Gasteiger charge is -2.10. The third-order valence-corrected chi connectivity index (χ3v) is 4.55. The summed E-state index contributed by atoms with van der Waals surface area (Å²) in [7, 11) is 0. The number of nitrogens with zero attached hydrogens (tertiary/aromatic N) is 1. The molecule has 0 aliphatic rings. The van der Waals surface area contributed by atoms with Gasteiger partial charge in [-0.3, -0.25) is 9.59 Å².